The van der Waals surface area contributed by atoms with E-state index in [-0.39, 0.29) is 5.91 Å². The fourth-order valence-corrected chi connectivity index (χ4v) is 3.88. The smallest absolute Gasteiger partial charge is 0.226 e. The molecule has 0 spiro atoms. The number of amides is 1. The molecule has 1 aliphatic heterocycles. The molecule has 1 aromatic heterocycles. The zero-order chi connectivity index (χ0) is 19.5. The van der Waals surface area contributed by atoms with Gasteiger partial charge in [0, 0.05) is 31.7 Å². The molecule has 2 heterocycles. The number of carbonyl (C=O) groups is 1. The van der Waals surface area contributed by atoms with Crippen molar-refractivity contribution in [3.05, 3.63) is 77.1 Å². The summed E-state index contributed by atoms with van der Waals surface area (Å²) < 4.78 is 1.89. The van der Waals surface area contributed by atoms with E-state index in [0.29, 0.717) is 13.0 Å². The van der Waals surface area contributed by atoms with Gasteiger partial charge in [-0.15, -0.1) is 0 Å². The number of nitrogens with zero attached hydrogens (tertiary/aromatic N) is 3. The van der Waals surface area contributed by atoms with E-state index in [0.717, 1.165) is 42.3 Å². The molecule has 28 heavy (non-hydrogen) atoms. The third-order valence-corrected chi connectivity index (χ3v) is 5.30. The number of para-hydroxylation sites is 2. The number of rotatable bonds is 5. The molecule has 0 atom stereocenters. The molecule has 0 bridgehead atoms. The molecule has 2 aromatic carbocycles. The fourth-order valence-electron chi connectivity index (χ4n) is 3.88. The fraction of sp³-hybridized carbons (Fsp3) is 0.304. The van der Waals surface area contributed by atoms with Crippen LogP contribution in [0.25, 0.3) is 0 Å². The minimum Gasteiger partial charge on any atom is -0.365 e. The Morgan fingerprint density at radius 1 is 1.07 bits per heavy atom. The molecule has 0 aliphatic carbocycles. The van der Waals surface area contributed by atoms with Gasteiger partial charge in [-0.1, -0.05) is 36.4 Å². The summed E-state index contributed by atoms with van der Waals surface area (Å²) in [5, 5.41) is 7.54. The number of anilines is 2. The van der Waals surface area contributed by atoms with E-state index in [4.69, 9.17) is 0 Å². The number of aryl methyl sites for hydroxylation is 3. The highest BCUT2D eigenvalue weighted by molar-refractivity contribution is 5.94. The number of hydrogen-bond acceptors (Lipinski definition) is 3. The second-order valence-corrected chi connectivity index (χ2v) is 7.41. The zero-order valence-corrected chi connectivity index (χ0v) is 16.5. The van der Waals surface area contributed by atoms with Crippen molar-refractivity contribution in [3.63, 3.8) is 0 Å². The minimum absolute atomic E-state index is 0.0115. The van der Waals surface area contributed by atoms with E-state index in [1.54, 1.807) is 0 Å². The molecule has 0 saturated heterocycles. The summed E-state index contributed by atoms with van der Waals surface area (Å²) in [7, 11) is 0. The summed E-state index contributed by atoms with van der Waals surface area (Å²) in [6.07, 6.45) is 1.43. The first-order valence-electron chi connectivity index (χ1n) is 9.82. The highest BCUT2D eigenvalue weighted by Crippen LogP contribution is 2.30. The average Bonchev–Trinajstić information content (AvgIpc) is 3.03. The second-order valence-electron chi connectivity index (χ2n) is 7.41. The quantitative estimate of drug-likeness (QED) is 0.732. The lowest BCUT2D eigenvalue weighted by Crippen LogP contribution is -2.31. The lowest BCUT2D eigenvalue weighted by molar-refractivity contribution is -0.116. The number of benzene rings is 2. The third-order valence-electron chi connectivity index (χ3n) is 5.30. The Hall–Kier alpha value is -3.08. The van der Waals surface area contributed by atoms with Crippen molar-refractivity contribution in [2.45, 2.75) is 39.8 Å². The molecule has 1 N–H and O–H groups in total. The molecule has 1 amide bonds. The minimum atomic E-state index is 0.0115. The van der Waals surface area contributed by atoms with Gasteiger partial charge in [0.05, 0.1) is 17.1 Å². The summed E-state index contributed by atoms with van der Waals surface area (Å²) >= 11 is 0. The van der Waals surface area contributed by atoms with Crippen LogP contribution in [0.2, 0.25) is 0 Å². The van der Waals surface area contributed by atoms with Crippen molar-refractivity contribution in [2.75, 3.05) is 16.8 Å². The van der Waals surface area contributed by atoms with Gasteiger partial charge in [-0.25, -0.2) is 0 Å². The van der Waals surface area contributed by atoms with Gasteiger partial charge in [0.25, 0.3) is 0 Å². The largest absolute Gasteiger partial charge is 0.365 e. The van der Waals surface area contributed by atoms with Gasteiger partial charge < -0.3 is 10.2 Å². The monoisotopic (exact) mass is 374 g/mol. The van der Waals surface area contributed by atoms with Crippen LogP contribution in [-0.2, 0) is 24.3 Å². The lowest BCUT2D eigenvalue weighted by Gasteiger charge is -2.32. The first-order chi connectivity index (χ1) is 13.6. The van der Waals surface area contributed by atoms with Crippen LogP contribution >= 0.6 is 0 Å². The van der Waals surface area contributed by atoms with Gasteiger partial charge in [0.2, 0.25) is 5.91 Å². The van der Waals surface area contributed by atoms with Crippen LogP contribution in [0, 0.1) is 13.8 Å². The molecule has 0 fully saturated rings. The van der Waals surface area contributed by atoms with Crippen LogP contribution in [0.5, 0.6) is 0 Å². The molecular formula is C23H26N4O. The molecule has 1 aliphatic rings. The van der Waals surface area contributed by atoms with E-state index < -0.39 is 0 Å². The van der Waals surface area contributed by atoms with Gasteiger partial charge in [-0.05, 0) is 49.6 Å². The predicted octanol–water partition coefficient (Wildman–Crippen LogP) is 4.09. The first kappa shape index (κ1) is 18.3. The zero-order valence-electron chi connectivity index (χ0n) is 16.5. The Balaban J connectivity index is 1.44. The third kappa shape index (κ3) is 3.93. The molecule has 4 rings (SSSR count). The average molecular weight is 374 g/mol. The molecular weight excluding hydrogens is 348 g/mol. The van der Waals surface area contributed by atoms with Gasteiger partial charge >= 0.3 is 0 Å². The predicted molar refractivity (Wildman–Crippen MR) is 113 cm³/mol. The van der Waals surface area contributed by atoms with Crippen LogP contribution < -0.4 is 10.2 Å². The molecule has 0 saturated carbocycles. The van der Waals surface area contributed by atoms with Crippen molar-refractivity contribution in [2.24, 2.45) is 0 Å². The van der Waals surface area contributed by atoms with Crippen LogP contribution in [0.1, 0.15) is 28.9 Å². The first-order valence-corrected chi connectivity index (χ1v) is 9.82. The lowest BCUT2D eigenvalue weighted by atomic mass is 9.99. The second kappa shape index (κ2) is 7.89. The number of carbonyl (C=O) groups excluding carboxylic acids is 1. The normalized spacial score (nSPS) is 13.3. The molecule has 5 heteroatoms. The van der Waals surface area contributed by atoms with E-state index in [2.05, 4.69) is 45.6 Å². The van der Waals surface area contributed by atoms with E-state index in [1.807, 2.05) is 42.8 Å². The van der Waals surface area contributed by atoms with Crippen molar-refractivity contribution in [3.8, 4) is 0 Å². The van der Waals surface area contributed by atoms with Gasteiger partial charge in [-0.2, -0.15) is 5.10 Å². The molecule has 0 unspecified atom stereocenters. The Morgan fingerprint density at radius 3 is 2.61 bits per heavy atom. The van der Waals surface area contributed by atoms with Crippen LogP contribution in [-0.4, -0.2) is 22.2 Å². The topological polar surface area (TPSA) is 50.2 Å². The van der Waals surface area contributed by atoms with Gasteiger partial charge in [0.15, 0.2) is 0 Å². The summed E-state index contributed by atoms with van der Waals surface area (Å²) in [6, 6.07) is 18.7. The number of nitrogens with one attached hydrogen (secondary N) is 1. The maximum atomic E-state index is 12.6. The van der Waals surface area contributed by atoms with Crippen LogP contribution in [0.4, 0.5) is 11.4 Å². The standard InChI is InChI=1S/C23H26N4O/c1-17-15-18(2)27(25-17)14-12-23(28)24-21-9-5-6-10-22(21)26-13-11-19-7-3-4-8-20(19)16-26/h3-10,15H,11-14,16H2,1-2H3,(H,24,28). The molecule has 5 nitrogen and oxygen atoms in total. The van der Waals surface area contributed by atoms with Crippen LogP contribution in [0.3, 0.4) is 0 Å². The van der Waals surface area contributed by atoms with Crippen molar-refractivity contribution < 1.29 is 4.79 Å². The van der Waals surface area contributed by atoms with E-state index in [9.17, 15) is 4.79 Å². The van der Waals surface area contributed by atoms with Crippen molar-refractivity contribution in [1.82, 2.24) is 9.78 Å². The molecule has 0 radical (unpaired) electrons. The number of hydrogen-bond donors (Lipinski definition) is 1. The SMILES string of the molecule is Cc1cc(C)n(CCC(=O)Nc2ccccc2N2CCc3ccccc3C2)n1. The van der Waals surface area contributed by atoms with Gasteiger partial charge in [0.1, 0.15) is 0 Å². The summed E-state index contributed by atoms with van der Waals surface area (Å²) in [5.41, 5.74) is 6.80. The summed E-state index contributed by atoms with van der Waals surface area (Å²) in [4.78, 5) is 14.9. The maximum absolute atomic E-state index is 12.6. The summed E-state index contributed by atoms with van der Waals surface area (Å²) in [5.74, 6) is 0.0115. The van der Waals surface area contributed by atoms with Crippen LogP contribution in [0.15, 0.2) is 54.6 Å². The Kier molecular flexibility index (Phi) is 5.15. The van der Waals surface area contributed by atoms with E-state index in [1.165, 1.54) is 11.1 Å². The summed E-state index contributed by atoms with van der Waals surface area (Å²) in [6.45, 7) is 6.40. The Morgan fingerprint density at radius 2 is 1.82 bits per heavy atom. The van der Waals surface area contributed by atoms with Crippen molar-refractivity contribution >= 4 is 17.3 Å². The number of fused-ring (bicyclic) bond motifs is 1. The van der Waals surface area contributed by atoms with Gasteiger partial charge in [-0.3, -0.25) is 9.48 Å². The number of aromatic nitrogens is 2. The highest BCUT2D eigenvalue weighted by Gasteiger charge is 2.19. The van der Waals surface area contributed by atoms with Crippen molar-refractivity contribution in [1.29, 1.82) is 0 Å². The Labute approximate surface area is 166 Å². The van der Waals surface area contributed by atoms with E-state index >= 15 is 0 Å². The maximum Gasteiger partial charge on any atom is 0.226 e. The molecule has 144 valence electrons. The highest BCUT2D eigenvalue weighted by atomic mass is 16.1. The Bertz CT molecular complexity index is 992. The molecule has 3 aromatic rings.